The van der Waals surface area contributed by atoms with Gasteiger partial charge in [-0.2, -0.15) is 0 Å². The molecule has 2 N–H and O–H groups in total. The van der Waals surface area contributed by atoms with Gasteiger partial charge >= 0.3 is 0 Å². The lowest BCUT2D eigenvalue weighted by atomic mass is 10.1. The van der Waals surface area contributed by atoms with Gasteiger partial charge in [-0.15, -0.1) is 0 Å². The number of rotatable bonds is 3. The highest BCUT2D eigenvalue weighted by Gasteiger charge is 2.30. The van der Waals surface area contributed by atoms with Crippen LogP contribution in [0.4, 0.5) is 11.4 Å². The van der Waals surface area contributed by atoms with E-state index in [1.165, 1.54) is 6.07 Å². The Morgan fingerprint density at radius 3 is 2.54 bits per heavy atom. The van der Waals surface area contributed by atoms with Crippen molar-refractivity contribution in [2.24, 2.45) is 0 Å². The molecule has 9 heteroatoms. The Morgan fingerprint density at radius 1 is 1.07 bits per heavy atom. The summed E-state index contributed by atoms with van der Waals surface area (Å²) in [6, 6.07) is 9.45. The molecule has 0 atom stereocenters. The van der Waals surface area contributed by atoms with Gasteiger partial charge in [0.1, 0.15) is 12.3 Å². The van der Waals surface area contributed by atoms with Crippen LogP contribution in [0.3, 0.4) is 0 Å². The second-order valence-electron chi connectivity index (χ2n) is 6.33. The zero-order valence-electron chi connectivity index (χ0n) is 14.5. The van der Waals surface area contributed by atoms with Crippen molar-refractivity contribution in [3.63, 3.8) is 0 Å². The molecule has 1 saturated heterocycles. The number of likely N-dealkylation sites (tertiary alicyclic amines) is 1. The number of fused-ring (bicyclic) bond motifs is 2. The molecule has 0 bridgehead atoms. The number of carbonyl (C=O) groups excluding carboxylic acids is 4. The van der Waals surface area contributed by atoms with Gasteiger partial charge in [0.05, 0.1) is 11.3 Å². The molecule has 8 nitrogen and oxygen atoms in total. The first-order valence-corrected chi connectivity index (χ1v) is 8.84. The third kappa shape index (κ3) is 3.41. The number of imide groups is 1. The highest BCUT2D eigenvalue weighted by Crippen LogP contribution is 2.37. The Bertz CT molecular complexity index is 1020. The number of hydrogen-bond donors (Lipinski definition) is 2. The Hall–Kier alpha value is -3.39. The molecule has 2 aromatic rings. The summed E-state index contributed by atoms with van der Waals surface area (Å²) in [6.07, 6.45) is 0.236. The lowest BCUT2D eigenvalue weighted by molar-refractivity contribution is -0.141. The number of halogens is 1. The van der Waals surface area contributed by atoms with Crippen molar-refractivity contribution in [3.8, 4) is 11.5 Å². The topological polar surface area (TPSA) is 105 Å². The van der Waals surface area contributed by atoms with Crippen molar-refractivity contribution in [1.82, 2.24) is 4.90 Å². The molecule has 0 spiro atoms. The molecule has 4 rings (SSSR count). The Kier molecular flexibility index (Phi) is 4.48. The SMILES string of the molecule is O=C(CN1C(=O)CCC1=O)Nc1ccc2c(c1)C(=O)Nc1cc(Cl)ccc1O2. The van der Waals surface area contributed by atoms with E-state index in [0.717, 1.165) is 4.90 Å². The molecular weight excluding hydrogens is 386 g/mol. The molecule has 1 fully saturated rings. The summed E-state index contributed by atoms with van der Waals surface area (Å²) < 4.78 is 5.77. The van der Waals surface area contributed by atoms with Gasteiger partial charge in [-0.05, 0) is 36.4 Å². The molecule has 2 heterocycles. The molecule has 0 aromatic heterocycles. The van der Waals surface area contributed by atoms with E-state index in [2.05, 4.69) is 10.6 Å². The summed E-state index contributed by atoms with van der Waals surface area (Å²) in [5.74, 6) is -0.927. The first-order valence-electron chi connectivity index (χ1n) is 8.46. The van der Waals surface area contributed by atoms with Crippen molar-refractivity contribution in [2.75, 3.05) is 17.2 Å². The zero-order chi connectivity index (χ0) is 19.8. The third-order valence-electron chi connectivity index (χ3n) is 4.37. The van der Waals surface area contributed by atoms with Crippen LogP contribution in [0, 0.1) is 0 Å². The van der Waals surface area contributed by atoms with Gasteiger partial charge in [-0.1, -0.05) is 11.6 Å². The van der Waals surface area contributed by atoms with Crippen molar-refractivity contribution < 1.29 is 23.9 Å². The molecule has 142 valence electrons. The van der Waals surface area contributed by atoms with Crippen molar-refractivity contribution in [3.05, 3.63) is 47.0 Å². The number of nitrogens with zero attached hydrogens (tertiary/aromatic N) is 1. The zero-order valence-corrected chi connectivity index (χ0v) is 15.2. The van der Waals surface area contributed by atoms with E-state index in [1.807, 2.05) is 0 Å². The Labute approximate surface area is 164 Å². The van der Waals surface area contributed by atoms with Crippen LogP contribution in [0.1, 0.15) is 23.2 Å². The number of nitrogens with one attached hydrogen (secondary N) is 2. The van der Waals surface area contributed by atoms with E-state index >= 15 is 0 Å². The number of benzene rings is 2. The fourth-order valence-corrected chi connectivity index (χ4v) is 3.19. The largest absolute Gasteiger partial charge is 0.454 e. The van der Waals surface area contributed by atoms with Gasteiger partial charge in [-0.3, -0.25) is 24.1 Å². The second kappa shape index (κ2) is 6.97. The smallest absolute Gasteiger partial charge is 0.259 e. The normalized spacial score (nSPS) is 15.3. The second-order valence-corrected chi connectivity index (χ2v) is 6.77. The van der Waals surface area contributed by atoms with Gasteiger partial charge in [0.15, 0.2) is 5.75 Å². The fraction of sp³-hybridized carbons (Fsp3) is 0.158. The monoisotopic (exact) mass is 399 g/mol. The molecule has 0 radical (unpaired) electrons. The fourth-order valence-electron chi connectivity index (χ4n) is 3.01. The van der Waals surface area contributed by atoms with E-state index < -0.39 is 11.8 Å². The van der Waals surface area contributed by atoms with Crippen molar-refractivity contribution in [2.45, 2.75) is 12.8 Å². The van der Waals surface area contributed by atoms with Crippen LogP contribution >= 0.6 is 11.6 Å². The van der Waals surface area contributed by atoms with Crippen LogP contribution in [-0.2, 0) is 14.4 Å². The lowest BCUT2D eigenvalue weighted by Gasteiger charge is -2.14. The average molecular weight is 400 g/mol. The summed E-state index contributed by atoms with van der Waals surface area (Å²) in [5.41, 5.74) is 0.995. The summed E-state index contributed by atoms with van der Waals surface area (Å²) in [6.45, 7) is -0.360. The lowest BCUT2D eigenvalue weighted by Crippen LogP contribution is -2.36. The summed E-state index contributed by atoms with van der Waals surface area (Å²) in [7, 11) is 0. The first kappa shape index (κ1) is 18.0. The maximum absolute atomic E-state index is 12.5. The van der Waals surface area contributed by atoms with Crippen LogP contribution in [-0.4, -0.2) is 35.1 Å². The highest BCUT2D eigenvalue weighted by atomic mass is 35.5. The molecule has 0 aliphatic carbocycles. The number of ether oxygens (including phenoxy) is 1. The minimum absolute atomic E-state index is 0.118. The molecule has 2 aromatic carbocycles. The molecule has 2 aliphatic heterocycles. The van der Waals surface area contributed by atoms with Gasteiger partial charge in [-0.25, -0.2) is 0 Å². The Balaban J connectivity index is 1.53. The van der Waals surface area contributed by atoms with Gasteiger partial charge in [0.25, 0.3) is 5.91 Å². The van der Waals surface area contributed by atoms with Gasteiger partial charge in [0, 0.05) is 23.6 Å². The molecule has 0 saturated carbocycles. The summed E-state index contributed by atoms with van der Waals surface area (Å²) in [4.78, 5) is 48.9. The van der Waals surface area contributed by atoms with Crippen LogP contribution in [0.15, 0.2) is 36.4 Å². The predicted octanol–water partition coefficient (Wildman–Crippen LogP) is 2.79. The molecule has 28 heavy (non-hydrogen) atoms. The van der Waals surface area contributed by atoms with Crippen molar-refractivity contribution in [1.29, 1.82) is 0 Å². The summed E-state index contributed by atoms with van der Waals surface area (Å²) >= 11 is 5.96. The summed E-state index contributed by atoms with van der Waals surface area (Å²) in [5, 5.41) is 5.75. The Morgan fingerprint density at radius 2 is 1.79 bits per heavy atom. The number of amides is 4. The number of hydrogen-bond acceptors (Lipinski definition) is 5. The average Bonchev–Trinajstić information content (AvgIpc) is 2.89. The molecule has 2 aliphatic rings. The van der Waals surface area contributed by atoms with E-state index in [9.17, 15) is 19.2 Å². The van der Waals surface area contributed by atoms with Crippen LogP contribution in [0.5, 0.6) is 11.5 Å². The first-order chi connectivity index (χ1) is 13.4. The van der Waals surface area contributed by atoms with E-state index in [-0.39, 0.29) is 36.8 Å². The molecule has 4 amide bonds. The van der Waals surface area contributed by atoms with Crippen LogP contribution in [0.2, 0.25) is 5.02 Å². The van der Waals surface area contributed by atoms with E-state index in [0.29, 0.717) is 27.9 Å². The van der Waals surface area contributed by atoms with Crippen molar-refractivity contribution >= 4 is 46.6 Å². The quantitative estimate of drug-likeness (QED) is 0.772. The predicted molar refractivity (Wildman–Crippen MR) is 101 cm³/mol. The molecular formula is C19H14ClN3O5. The standard InChI is InChI=1S/C19H14ClN3O5/c20-10-1-3-15-13(7-10)22-19(27)12-8-11(2-4-14(12)28-15)21-16(24)9-23-17(25)5-6-18(23)26/h1-4,7-8H,5-6,9H2,(H,21,24)(H,22,27). The highest BCUT2D eigenvalue weighted by molar-refractivity contribution is 6.31. The van der Waals surface area contributed by atoms with Gasteiger partial charge < -0.3 is 15.4 Å². The van der Waals surface area contributed by atoms with Crippen LogP contribution in [0.25, 0.3) is 0 Å². The van der Waals surface area contributed by atoms with E-state index in [1.54, 1.807) is 30.3 Å². The van der Waals surface area contributed by atoms with Gasteiger partial charge in [0.2, 0.25) is 17.7 Å². The van der Waals surface area contributed by atoms with E-state index in [4.69, 9.17) is 16.3 Å². The third-order valence-corrected chi connectivity index (χ3v) is 4.61. The maximum Gasteiger partial charge on any atom is 0.259 e. The maximum atomic E-state index is 12.5. The number of carbonyl (C=O) groups is 4. The molecule has 0 unspecified atom stereocenters. The minimum atomic E-state index is -0.534. The number of anilines is 2. The van der Waals surface area contributed by atoms with Crippen LogP contribution < -0.4 is 15.4 Å². The minimum Gasteiger partial charge on any atom is -0.454 e.